The smallest absolute Gasteiger partial charge is 0.161 e. The minimum Gasteiger partial charge on any atom is -0.489 e. The Labute approximate surface area is 245 Å². The first-order valence-corrected chi connectivity index (χ1v) is 14.7. The summed E-state index contributed by atoms with van der Waals surface area (Å²) in [6.07, 6.45) is 2.83. The number of methoxy groups -OCH3 is 2. The van der Waals surface area contributed by atoms with Gasteiger partial charge in [0, 0.05) is 60.6 Å². The van der Waals surface area contributed by atoms with E-state index < -0.39 is 0 Å². The molecular formula is C33H36BrNO5. The van der Waals surface area contributed by atoms with Gasteiger partial charge >= 0.3 is 0 Å². The summed E-state index contributed by atoms with van der Waals surface area (Å²) in [5.41, 5.74) is 5.72. The average Bonchev–Trinajstić information content (AvgIpc) is 3.40. The zero-order chi connectivity index (χ0) is 27.5. The van der Waals surface area contributed by atoms with Crippen LogP contribution in [0.1, 0.15) is 36.0 Å². The number of anilines is 1. The van der Waals surface area contributed by atoms with Crippen LogP contribution in [0.5, 0.6) is 11.5 Å². The minimum atomic E-state index is -0.192. The van der Waals surface area contributed by atoms with Crippen molar-refractivity contribution in [1.82, 2.24) is 0 Å². The summed E-state index contributed by atoms with van der Waals surface area (Å²) in [5, 5.41) is 0. The van der Waals surface area contributed by atoms with Gasteiger partial charge in [0.25, 0.3) is 0 Å². The van der Waals surface area contributed by atoms with E-state index in [2.05, 4.69) is 63.3 Å². The maximum Gasteiger partial charge on any atom is 0.161 e. The second-order valence-electron chi connectivity index (χ2n) is 10.8. The lowest BCUT2D eigenvalue weighted by Crippen LogP contribution is -2.44. The Morgan fingerprint density at radius 2 is 1.73 bits per heavy atom. The maximum atomic E-state index is 6.33. The van der Waals surface area contributed by atoms with Gasteiger partial charge in [0.1, 0.15) is 24.7 Å². The van der Waals surface area contributed by atoms with Crippen LogP contribution in [0.3, 0.4) is 0 Å². The first-order valence-electron chi connectivity index (χ1n) is 13.9. The van der Waals surface area contributed by atoms with Crippen molar-refractivity contribution in [2.75, 3.05) is 45.4 Å². The minimum absolute atomic E-state index is 0.0540. The normalized spacial score (nSPS) is 20.1. The molecule has 7 heteroatoms. The molecule has 6 nitrogen and oxygen atoms in total. The molecule has 0 aliphatic carbocycles. The number of fused-ring (bicyclic) bond motifs is 1. The predicted octanol–water partition coefficient (Wildman–Crippen LogP) is 6.81. The van der Waals surface area contributed by atoms with Crippen LogP contribution in [0.25, 0.3) is 5.57 Å². The summed E-state index contributed by atoms with van der Waals surface area (Å²) < 4.78 is 30.5. The second-order valence-corrected chi connectivity index (χ2v) is 11.8. The molecule has 0 N–H and O–H groups in total. The first kappa shape index (κ1) is 27.3. The molecule has 1 atom stereocenters. The second kappa shape index (κ2) is 12.0. The molecule has 3 aliphatic heterocycles. The van der Waals surface area contributed by atoms with E-state index in [9.17, 15) is 0 Å². The van der Waals surface area contributed by atoms with Crippen LogP contribution in [-0.4, -0.2) is 52.4 Å². The predicted molar refractivity (Wildman–Crippen MR) is 160 cm³/mol. The molecule has 1 spiro atoms. The fraction of sp³-hybridized carbons (Fsp3) is 0.394. The summed E-state index contributed by atoms with van der Waals surface area (Å²) in [6.45, 7) is 3.68. The number of hydrogen-bond acceptors (Lipinski definition) is 6. The lowest BCUT2D eigenvalue weighted by molar-refractivity contribution is -0.136. The standard InChI is InChI=1S/C33H36BrNO5/c1-36-32(37-2)25-19-33(40-21-25)14-16-35(17-15-33)26-10-8-24(9-11-26)31-28-13-12-27(18-30(28)39-22-29(31)34)38-20-23-6-4-3-5-7-23/h3-13,18,25,32H,14-17,19-22H2,1-2H3. The molecule has 3 aliphatic rings. The van der Waals surface area contributed by atoms with Crippen molar-refractivity contribution in [2.24, 2.45) is 5.92 Å². The van der Waals surface area contributed by atoms with Crippen molar-refractivity contribution in [3.8, 4) is 11.5 Å². The van der Waals surface area contributed by atoms with Crippen molar-refractivity contribution >= 4 is 27.2 Å². The Kier molecular flexibility index (Phi) is 8.17. The molecule has 0 aromatic heterocycles. The van der Waals surface area contributed by atoms with Gasteiger partial charge < -0.3 is 28.6 Å². The quantitative estimate of drug-likeness (QED) is 0.263. The van der Waals surface area contributed by atoms with Gasteiger partial charge in [-0.05, 0) is 54.7 Å². The molecule has 3 aromatic carbocycles. The van der Waals surface area contributed by atoms with Gasteiger partial charge in [0.05, 0.1) is 12.2 Å². The molecular weight excluding hydrogens is 570 g/mol. The molecule has 3 heterocycles. The zero-order valence-electron chi connectivity index (χ0n) is 23.1. The van der Waals surface area contributed by atoms with Gasteiger partial charge in [0.15, 0.2) is 6.29 Å². The van der Waals surface area contributed by atoms with Crippen molar-refractivity contribution in [2.45, 2.75) is 37.8 Å². The van der Waals surface area contributed by atoms with E-state index in [0.717, 1.165) is 65.0 Å². The zero-order valence-corrected chi connectivity index (χ0v) is 24.7. The third-order valence-electron chi connectivity index (χ3n) is 8.38. The highest BCUT2D eigenvalue weighted by Gasteiger charge is 2.45. The molecule has 40 heavy (non-hydrogen) atoms. The summed E-state index contributed by atoms with van der Waals surface area (Å²) in [7, 11) is 3.41. The number of nitrogens with zero attached hydrogens (tertiary/aromatic N) is 1. The average molecular weight is 607 g/mol. The summed E-state index contributed by atoms with van der Waals surface area (Å²) in [5.74, 6) is 1.94. The van der Waals surface area contributed by atoms with Crippen LogP contribution >= 0.6 is 15.9 Å². The number of piperidine rings is 1. The van der Waals surface area contributed by atoms with Gasteiger partial charge in [-0.1, -0.05) is 58.4 Å². The van der Waals surface area contributed by atoms with E-state index in [1.807, 2.05) is 30.3 Å². The van der Waals surface area contributed by atoms with E-state index in [1.165, 1.54) is 11.3 Å². The SMILES string of the molecule is COC(OC)C1COC2(CCN(c3ccc(C4=C(Br)COc5cc(OCc6ccccc6)ccc54)cc3)CC2)C1. The maximum absolute atomic E-state index is 6.33. The molecule has 6 rings (SSSR count). The molecule has 210 valence electrons. The van der Waals surface area contributed by atoms with Gasteiger partial charge in [0.2, 0.25) is 0 Å². The van der Waals surface area contributed by atoms with Gasteiger partial charge in [-0.3, -0.25) is 0 Å². The van der Waals surface area contributed by atoms with E-state index in [1.54, 1.807) is 14.2 Å². The van der Waals surface area contributed by atoms with Crippen LogP contribution in [-0.2, 0) is 20.8 Å². The Bertz CT molecular complexity index is 1330. The molecule has 2 fully saturated rings. The van der Waals surface area contributed by atoms with Gasteiger partial charge in [-0.25, -0.2) is 0 Å². The highest BCUT2D eigenvalue weighted by atomic mass is 79.9. The lowest BCUT2D eigenvalue weighted by Gasteiger charge is -2.40. The number of ether oxygens (including phenoxy) is 5. The highest BCUT2D eigenvalue weighted by molar-refractivity contribution is 9.11. The lowest BCUT2D eigenvalue weighted by atomic mass is 9.85. The third-order valence-corrected chi connectivity index (χ3v) is 9.00. The van der Waals surface area contributed by atoms with Crippen molar-refractivity contribution < 1.29 is 23.7 Å². The van der Waals surface area contributed by atoms with Crippen LogP contribution in [0, 0.1) is 5.92 Å². The van der Waals surface area contributed by atoms with E-state index in [4.69, 9.17) is 23.7 Å². The number of rotatable bonds is 8. The molecule has 0 saturated carbocycles. The van der Waals surface area contributed by atoms with Crippen LogP contribution in [0.4, 0.5) is 5.69 Å². The Hall–Kier alpha value is -2.84. The monoisotopic (exact) mass is 605 g/mol. The summed E-state index contributed by atoms with van der Waals surface area (Å²) >= 11 is 3.78. The van der Waals surface area contributed by atoms with Gasteiger partial charge in [-0.2, -0.15) is 0 Å². The van der Waals surface area contributed by atoms with E-state index >= 15 is 0 Å². The van der Waals surface area contributed by atoms with E-state index in [0.29, 0.717) is 25.7 Å². The molecule has 1 unspecified atom stereocenters. The molecule has 0 radical (unpaired) electrons. The topological polar surface area (TPSA) is 49.4 Å². The van der Waals surface area contributed by atoms with E-state index in [-0.39, 0.29) is 11.9 Å². The largest absolute Gasteiger partial charge is 0.489 e. The number of halogens is 1. The van der Waals surface area contributed by atoms with Crippen molar-refractivity contribution in [1.29, 1.82) is 0 Å². The molecule has 3 aromatic rings. The van der Waals surface area contributed by atoms with Crippen LogP contribution < -0.4 is 14.4 Å². The molecule has 0 bridgehead atoms. The third kappa shape index (κ3) is 5.66. The van der Waals surface area contributed by atoms with Crippen molar-refractivity contribution in [3.63, 3.8) is 0 Å². The Balaban J connectivity index is 1.11. The number of hydrogen-bond donors (Lipinski definition) is 0. The molecule has 2 saturated heterocycles. The van der Waals surface area contributed by atoms with Gasteiger partial charge in [-0.15, -0.1) is 0 Å². The fourth-order valence-corrected chi connectivity index (χ4v) is 6.78. The number of benzene rings is 3. The summed E-state index contributed by atoms with van der Waals surface area (Å²) in [4.78, 5) is 2.47. The molecule has 0 amide bonds. The van der Waals surface area contributed by atoms with Crippen molar-refractivity contribution in [3.05, 3.63) is 94.0 Å². The Morgan fingerprint density at radius 1 is 0.975 bits per heavy atom. The van der Waals surface area contributed by atoms with Crippen LogP contribution in [0.2, 0.25) is 0 Å². The summed E-state index contributed by atoms with van der Waals surface area (Å²) in [6, 6.07) is 25.2. The Morgan fingerprint density at radius 3 is 2.45 bits per heavy atom. The fourth-order valence-electron chi connectivity index (χ4n) is 6.23. The van der Waals surface area contributed by atoms with Crippen LogP contribution in [0.15, 0.2) is 77.3 Å². The first-order chi connectivity index (χ1) is 19.6. The highest BCUT2D eigenvalue weighted by Crippen LogP contribution is 2.43.